The van der Waals surface area contributed by atoms with Crippen molar-refractivity contribution in [1.82, 2.24) is 0 Å². The molecule has 1 saturated carbocycles. The van der Waals surface area contributed by atoms with E-state index >= 15 is 0 Å². The van der Waals surface area contributed by atoms with E-state index in [2.05, 4.69) is 0 Å². The molecule has 1 rings (SSSR count). The van der Waals surface area contributed by atoms with Crippen LogP contribution in [0.5, 0.6) is 0 Å². The number of aliphatic carboxylic acids is 1. The number of hydrogen-bond acceptors (Lipinski definition) is 2. The number of carbonyl (C=O) groups is 1. The van der Waals surface area contributed by atoms with Gasteiger partial charge in [-0.05, 0) is 38.1 Å². The Labute approximate surface area is 90.9 Å². The fourth-order valence-corrected chi connectivity index (χ4v) is 1.65. The summed E-state index contributed by atoms with van der Waals surface area (Å²) < 4.78 is 0. The van der Waals surface area contributed by atoms with Crippen LogP contribution in [0.1, 0.15) is 25.7 Å². The molecule has 0 aliphatic heterocycles. The Hall–Kier alpha value is 0.0134. The second kappa shape index (κ2) is 7.42. The van der Waals surface area contributed by atoms with E-state index in [-0.39, 0.29) is 30.9 Å². The van der Waals surface area contributed by atoms with Crippen LogP contribution < -0.4 is 5.73 Å². The largest absolute Gasteiger partial charge is 0.481 e. The van der Waals surface area contributed by atoms with Gasteiger partial charge in [-0.3, -0.25) is 4.79 Å². The number of nitrogens with two attached hydrogens (primary N) is 1. The smallest absolute Gasteiger partial charge is 0.306 e. The summed E-state index contributed by atoms with van der Waals surface area (Å²) in [6.07, 6.45) is 3.62. The van der Waals surface area contributed by atoms with Gasteiger partial charge in [0, 0.05) is 19.5 Å². The quantitative estimate of drug-likeness (QED) is 0.666. The molecule has 0 atom stereocenters. The van der Waals surface area contributed by atoms with E-state index in [1.54, 1.807) is 0 Å². The summed E-state index contributed by atoms with van der Waals surface area (Å²) in [5, 5.41) is 8.67. The van der Waals surface area contributed by atoms with Crippen LogP contribution in [-0.2, 0) is 24.3 Å². The van der Waals surface area contributed by atoms with Crippen molar-refractivity contribution in [3.8, 4) is 0 Å². The number of carboxylic acids is 1. The van der Waals surface area contributed by atoms with Crippen molar-refractivity contribution in [2.45, 2.75) is 25.7 Å². The molecule has 0 bridgehead atoms. The Kier molecular flexibility index (Phi) is 8.84. The summed E-state index contributed by atoms with van der Waals surface area (Å²) >= 11 is 0. The Morgan fingerprint density at radius 1 is 1.31 bits per heavy atom. The van der Waals surface area contributed by atoms with Crippen LogP contribution in [0.4, 0.5) is 0 Å². The second-order valence-corrected chi connectivity index (χ2v) is 3.29. The molecule has 4 nitrogen and oxygen atoms in total. The van der Waals surface area contributed by atoms with Crippen molar-refractivity contribution in [1.29, 1.82) is 0 Å². The SMILES string of the molecule is NCC1CCC(C(=O)O)CC1.O.[Zn]. The first-order valence-corrected chi connectivity index (χ1v) is 4.17. The van der Waals surface area contributed by atoms with Crippen molar-refractivity contribution in [2.24, 2.45) is 17.6 Å². The maximum atomic E-state index is 10.5. The summed E-state index contributed by atoms with van der Waals surface area (Å²) in [7, 11) is 0. The summed E-state index contributed by atoms with van der Waals surface area (Å²) in [4.78, 5) is 10.5. The number of rotatable bonds is 2. The third kappa shape index (κ3) is 4.70. The van der Waals surface area contributed by atoms with Crippen LogP contribution in [-0.4, -0.2) is 23.1 Å². The van der Waals surface area contributed by atoms with Gasteiger partial charge in [-0.25, -0.2) is 0 Å². The molecule has 0 saturated heterocycles. The normalized spacial score (nSPS) is 26.8. The molecule has 0 aromatic carbocycles. The maximum absolute atomic E-state index is 10.5. The van der Waals surface area contributed by atoms with Crippen LogP contribution in [0, 0.1) is 11.8 Å². The third-order valence-corrected chi connectivity index (χ3v) is 2.53. The summed E-state index contributed by atoms with van der Waals surface area (Å²) in [5.74, 6) is -0.163. The third-order valence-electron chi connectivity index (χ3n) is 2.53. The van der Waals surface area contributed by atoms with Gasteiger partial charge >= 0.3 is 5.97 Å². The molecule has 0 unspecified atom stereocenters. The molecule has 5 heteroatoms. The first-order valence-electron chi connectivity index (χ1n) is 4.17. The molecule has 0 radical (unpaired) electrons. The van der Waals surface area contributed by atoms with E-state index in [1.807, 2.05) is 0 Å². The maximum Gasteiger partial charge on any atom is 0.306 e. The Morgan fingerprint density at radius 2 is 1.77 bits per heavy atom. The fourth-order valence-electron chi connectivity index (χ4n) is 1.65. The first-order chi connectivity index (χ1) is 5.24. The molecule has 1 fully saturated rings. The molecule has 1 aliphatic carbocycles. The minimum Gasteiger partial charge on any atom is -0.481 e. The monoisotopic (exact) mass is 239 g/mol. The predicted octanol–water partition coefficient (Wildman–Crippen LogP) is 0.00890. The summed E-state index contributed by atoms with van der Waals surface area (Å²) in [6, 6.07) is 0. The van der Waals surface area contributed by atoms with Crippen LogP contribution in [0.3, 0.4) is 0 Å². The average molecular weight is 241 g/mol. The van der Waals surface area contributed by atoms with Gasteiger partial charge in [-0.2, -0.15) is 0 Å². The van der Waals surface area contributed by atoms with E-state index in [9.17, 15) is 4.79 Å². The molecular formula is C8H17NO3Zn. The van der Waals surface area contributed by atoms with Crippen molar-refractivity contribution in [3.63, 3.8) is 0 Å². The van der Waals surface area contributed by atoms with Crippen molar-refractivity contribution in [3.05, 3.63) is 0 Å². The minimum atomic E-state index is -0.638. The fraction of sp³-hybridized carbons (Fsp3) is 0.875. The second-order valence-electron chi connectivity index (χ2n) is 3.29. The van der Waals surface area contributed by atoms with Crippen LogP contribution in [0.25, 0.3) is 0 Å². The topological polar surface area (TPSA) is 94.8 Å². The zero-order chi connectivity index (χ0) is 8.27. The average Bonchev–Trinajstić information content (AvgIpc) is 2.05. The molecule has 0 aromatic heterocycles. The Morgan fingerprint density at radius 3 is 2.08 bits per heavy atom. The molecule has 0 heterocycles. The molecule has 5 N–H and O–H groups in total. The van der Waals surface area contributed by atoms with E-state index in [0.717, 1.165) is 25.7 Å². The van der Waals surface area contributed by atoms with Crippen molar-refractivity contribution in [2.75, 3.05) is 6.54 Å². The molecule has 0 aromatic rings. The van der Waals surface area contributed by atoms with Crippen molar-refractivity contribution >= 4 is 5.97 Å². The van der Waals surface area contributed by atoms with Gasteiger partial charge in [0.1, 0.15) is 0 Å². The molecule has 13 heavy (non-hydrogen) atoms. The predicted molar refractivity (Wildman–Crippen MR) is 45.8 cm³/mol. The Bertz CT molecular complexity index is 146. The number of hydrogen-bond donors (Lipinski definition) is 2. The van der Waals surface area contributed by atoms with Crippen molar-refractivity contribution < 1.29 is 34.9 Å². The van der Waals surface area contributed by atoms with Crippen LogP contribution in [0.15, 0.2) is 0 Å². The van der Waals surface area contributed by atoms with Gasteiger partial charge in [0.15, 0.2) is 0 Å². The van der Waals surface area contributed by atoms with Gasteiger partial charge in [0.25, 0.3) is 0 Å². The van der Waals surface area contributed by atoms with Crippen LogP contribution >= 0.6 is 0 Å². The summed E-state index contributed by atoms with van der Waals surface area (Å²) in [6.45, 7) is 0.715. The minimum absolute atomic E-state index is 0. The summed E-state index contributed by atoms with van der Waals surface area (Å²) in [5.41, 5.74) is 5.48. The standard InChI is InChI=1S/C8H15NO2.H2O.Zn/c9-5-6-1-3-7(4-2-6)8(10)11;;/h6-7H,1-5,9H2,(H,10,11);1H2;. The zero-order valence-electron chi connectivity index (χ0n) is 7.83. The molecule has 1 aliphatic rings. The van der Waals surface area contributed by atoms with Gasteiger partial charge in [-0.1, -0.05) is 0 Å². The Balaban J connectivity index is 0. The van der Waals surface area contributed by atoms with E-state index < -0.39 is 5.97 Å². The molecule has 0 spiro atoms. The van der Waals surface area contributed by atoms with Gasteiger partial charge < -0.3 is 16.3 Å². The molecule has 0 amide bonds. The van der Waals surface area contributed by atoms with Gasteiger partial charge in [-0.15, -0.1) is 0 Å². The zero-order valence-corrected chi connectivity index (χ0v) is 10.8. The van der Waals surface area contributed by atoms with Crippen LogP contribution in [0.2, 0.25) is 0 Å². The van der Waals surface area contributed by atoms with E-state index in [0.29, 0.717) is 12.5 Å². The number of carboxylic acid groups (broad SMARTS) is 1. The van der Waals surface area contributed by atoms with E-state index in [4.69, 9.17) is 10.8 Å². The first kappa shape index (κ1) is 15.5. The molecular weight excluding hydrogens is 223 g/mol. The molecule has 74 valence electrons. The van der Waals surface area contributed by atoms with Gasteiger partial charge in [0.05, 0.1) is 5.92 Å². The van der Waals surface area contributed by atoms with E-state index in [1.165, 1.54) is 0 Å². The van der Waals surface area contributed by atoms with Gasteiger partial charge in [0.2, 0.25) is 0 Å².